The molecule has 218 valence electrons. The average Bonchev–Trinajstić information content (AvgIpc) is 2.96. The van der Waals surface area contributed by atoms with Crippen LogP contribution in [0.3, 0.4) is 0 Å². The number of hydrogen-bond donors (Lipinski definition) is 1. The highest BCUT2D eigenvalue weighted by atomic mass is 19.2. The Bertz CT molecular complexity index is 1530. The molecule has 0 saturated carbocycles. The first-order chi connectivity index (χ1) is 20.1. The average molecular weight is 579 g/mol. The van der Waals surface area contributed by atoms with Gasteiger partial charge in [0.1, 0.15) is 18.0 Å². The lowest BCUT2D eigenvalue weighted by atomic mass is 9.97. The molecule has 2 saturated heterocycles. The molecule has 2 aliphatic heterocycles. The van der Waals surface area contributed by atoms with Crippen LogP contribution in [0.5, 0.6) is 0 Å². The van der Waals surface area contributed by atoms with Crippen molar-refractivity contribution in [2.75, 3.05) is 25.0 Å². The van der Waals surface area contributed by atoms with Crippen LogP contribution in [0.1, 0.15) is 34.8 Å². The summed E-state index contributed by atoms with van der Waals surface area (Å²) in [6.07, 6.45) is -0.617. The molecular formula is C31H29F3N4O4. The molecule has 1 N–H and O–H groups in total. The lowest BCUT2D eigenvalue weighted by molar-refractivity contribution is -0.166. The van der Waals surface area contributed by atoms with Gasteiger partial charge in [-0.25, -0.2) is 18.0 Å². The number of nitrogens with zero attached hydrogens (tertiary/aromatic N) is 3. The first kappa shape index (κ1) is 28.8. The Kier molecular flexibility index (Phi) is 8.28. The van der Waals surface area contributed by atoms with Gasteiger partial charge in [-0.2, -0.15) is 0 Å². The van der Waals surface area contributed by atoms with Crippen LogP contribution in [0, 0.1) is 17.5 Å². The lowest BCUT2D eigenvalue weighted by Crippen LogP contribution is -2.72. The smallest absolute Gasteiger partial charge is 0.323 e. The largest absolute Gasteiger partial charge is 0.337 e. The van der Waals surface area contributed by atoms with Gasteiger partial charge in [-0.05, 0) is 73.0 Å². The van der Waals surface area contributed by atoms with Gasteiger partial charge < -0.3 is 20.0 Å². The number of carbonyl (C=O) groups is 4. The first-order valence-corrected chi connectivity index (χ1v) is 13.6. The molecule has 3 aromatic rings. The molecule has 8 nitrogen and oxygen atoms in total. The van der Waals surface area contributed by atoms with Crippen molar-refractivity contribution < 1.29 is 32.3 Å². The summed E-state index contributed by atoms with van der Waals surface area (Å²) < 4.78 is 41.4. The Morgan fingerprint density at radius 3 is 2.38 bits per heavy atom. The Morgan fingerprint density at radius 1 is 0.929 bits per heavy atom. The Balaban J connectivity index is 1.42. The second-order valence-corrected chi connectivity index (χ2v) is 10.4. The van der Waals surface area contributed by atoms with Crippen LogP contribution in [0.2, 0.25) is 0 Å². The number of halogens is 3. The lowest BCUT2D eigenvalue weighted by Gasteiger charge is -2.52. The molecule has 11 heteroatoms. The number of hydrogen-bond acceptors (Lipinski definition) is 4. The van der Waals surface area contributed by atoms with Crippen molar-refractivity contribution in [3.63, 3.8) is 0 Å². The number of ketones is 1. The third-order valence-electron chi connectivity index (χ3n) is 7.63. The molecule has 0 radical (unpaired) electrons. The zero-order valence-corrected chi connectivity index (χ0v) is 22.9. The molecule has 4 amide bonds. The molecule has 3 aromatic carbocycles. The van der Waals surface area contributed by atoms with Crippen molar-refractivity contribution in [1.29, 1.82) is 0 Å². The molecule has 2 fully saturated rings. The Morgan fingerprint density at radius 2 is 1.69 bits per heavy atom. The zero-order chi connectivity index (χ0) is 30.0. The van der Waals surface area contributed by atoms with Gasteiger partial charge in [0, 0.05) is 37.2 Å². The number of carbonyl (C=O) groups excluding carboxylic acids is 4. The summed E-state index contributed by atoms with van der Waals surface area (Å²) in [7, 11) is 0. The van der Waals surface area contributed by atoms with Crippen LogP contribution in [0.4, 0.5) is 23.7 Å². The molecule has 5 rings (SSSR count). The fourth-order valence-corrected chi connectivity index (χ4v) is 5.45. The zero-order valence-electron chi connectivity index (χ0n) is 22.9. The molecule has 42 heavy (non-hydrogen) atoms. The maximum Gasteiger partial charge on any atom is 0.323 e. The number of nitrogens with one attached hydrogen (secondary N) is 1. The fourth-order valence-electron chi connectivity index (χ4n) is 5.45. The van der Waals surface area contributed by atoms with E-state index in [0.717, 1.165) is 12.1 Å². The normalized spacial score (nSPS) is 18.6. The van der Waals surface area contributed by atoms with Gasteiger partial charge in [-0.1, -0.05) is 18.2 Å². The summed E-state index contributed by atoms with van der Waals surface area (Å²) >= 11 is 0. The molecule has 0 spiro atoms. The maximum atomic E-state index is 14.0. The monoisotopic (exact) mass is 578 g/mol. The highest BCUT2D eigenvalue weighted by Gasteiger charge is 2.48. The van der Waals surface area contributed by atoms with Gasteiger partial charge in [-0.3, -0.25) is 14.4 Å². The van der Waals surface area contributed by atoms with Crippen molar-refractivity contribution in [3.05, 3.63) is 101 Å². The number of urea groups is 1. The number of piperazine rings is 1. The van der Waals surface area contributed by atoms with Gasteiger partial charge >= 0.3 is 6.03 Å². The van der Waals surface area contributed by atoms with Crippen molar-refractivity contribution in [3.8, 4) is 0 Å². The fraction of sp³-hybridized carbons (Fsp3) is 0.290. The summed E-state index contributed by atoms with van der Waals surface area (Å²) in [5.74, 6) is -3.36. The molecular weight excluding hydrogens is 549 g/mol. The number of anilines is 1. The van der Waals surface area contributed by atoms with E-state index in [1.54, 1.807) is 36.4 Å². The van der Waals surface area contributed by atoms with E-state index in [1.807, 2.05) is 0 Å². The van der Waals surface area contributed by atoms with Crippen LogP contribution in [0.25, 0.3) is 0 Å². The van der Waals surface area contributed by atoms with Gasteiger partial charge in [-0.15, -0.1) is 0 Å². The number of Topliss-reactive ketones (excluding diaryl/α,β-unsaturated/α-hetero) is 1. The van der Waals surface area contributed by atoms with E-state index in [2.05, 4.69) is 5.32 Å². The minimum absolute atomic E-state index is 0.0187. The van der Waals surface area contributed by atoms with Gasteiger partial charge in [0.05, 0.1) is 6.54 Å². The van der Waals surface area contributed by atoms with E-state index >= 15 is 0 Å². The number of fused-ring (bicyclic) bond motifs is 1. The molecule has 2 aliphatic rings. The number of amides is 4. The maximum absolute atomic E-state index is 14.0. The van der Waals surface area contributed by atoms with Crippen molar-refractivity contribution in [2.45, 2.75) is 38.4 Å². The molecule has 2 heterocycles. The summed E-state index contributed by atoms with van der Waals surface area (Å²) in [4.78, 5) is 56.4. The predicted molar refractivity (Wildman–Crippen MR) is 148 cm³/mol. The summed E-state index contributed by atoms with van der Waals surface area (Å²) in [6, 6.07) is 14.1. The second-order valence-electron chi connectivity index (χ2n) is 10.4. The topological polar surface area (TPSA) is 90.0 Å². The van der Waals surface area contributed by atoms with Crippen molar-refractivity contribution in [2.24, 2.45) is 0 Å². The SMILES string of the molecule is CC(=O)c1ccc(NC(=O)N2CCC(=O)N3[C@@H]2CN(CCc2cccc(F)c2)C(=O)[C@@H]3Cc2ccc(F)c(F)c2)cc1. The van der Waals surface area contributed by atoms with Crippen LogP contribution in [-0.2, 0) is 22.4 Å². The van der Waals surface area contributed by atoms with E-state index < -0.39 is 41.6 Å². The summed E-state index contributed by atoms with van der Waals surface area (Å²) in [6.45, 7) is 1.75. The highest BCUT2D eigenvalue weighted by Crippen LogP contribution is 2.29. The first-order valence-electron chi connectivity index (χ1n) is 13.6. The Hall–Kier alpha value is -4.67. The van der Waals surface area contributed by atoms with Crippen LogP contribution in [0.15, 0.2) is 66.7 Å². The van der Waals surface area contributed by atoms with E-state index in [9.17, 15) is 32.3 Å². The van der Waals surface area contributed by atoms with E-state index in [1.165, 1.54) is 39.8 Å². The summed E-state index contributed by atoms with van der Waals surface area (Å²) in [5, 5.41) is 2.80. The number of benzene rings is 3. The third kappa shape index (κ3) is 6.14. The molecule has 0 unspecified atom stereocenters. The third-order valence-corrected chi connectivity index (χ3v) is 7.63. The van der Waals surface area contributed by atoms with Gasteiger partial charge in [0.15, 0.2) is 17.4 Å². The summed E-state index contributed by atoms with van der Waals surface area (Å²) in [5.41, 5.74) is 1.92. The van der Waals surface area contributed by atoms with E-state index in [0.29, 0.717) is 28.8 Å². The van der Waals surface area contributed by atoms with Crippen molar-refractivity contribution in [1.82, 2.24) is 14.7 Å². The standard InChI is InChI=1S/C31H29F3N4O4/c1-19(39)22-6-8-24(9-7-22)35-31(42)37-14-12-29(40)38-27(17-21-5-10-25(33)26(34)16-21)30(41)36(18-28(37)38)13-11-20-3-2-4-23(32)15-20/h2-10,15-16,27-28H,11-14,17-18H2,1H3,(H,35,42)/t27-,28+/m0/s1. The van der Waals surface area contributed by atoms with Crippen LogP contribution >= 0.6 is 0 Å². The minimum atomic E-state index is -1.07. The van der Waals surface area contributed by atoms with E-state index in [4.69, 9.17) is 0 Å². The molecule has 2 atom stereocenters. The van der Waals surface area contributed by atoms with Gasteiger partial charge in [0.2, 0.25) is 11.8 Å². The van der Waals surface area contributed by atoms with Gasteiger partial charge in [0.25, 0.3) is 0 Å². The van der Waals surface area contributed by atoms with Crippen LogP contribution in [-0.4, -0.2) is 70.2 Å². The predicted octanol–water partition coefficient (Wildman–Crippen LogP) is 4.40. The van der Waals surface area contributed by atoms with Crippen LogP contribution < -0.4 is 5.32 Å². The highest BCUT2D eigenvalue weighted by molar-refractivity contribution is 5.96. The Labute approximate surface area is 240 Å². The molecule has 0 aliphatic carbocycles. The molecule has 0 bridgehead atoms. The number of rotatable bonds is 7. The van der Waals surface area contributed by atoms with Crippen molar-refractivity contribution >= 4 is 29.3 Å². The molecule has 0 aromatic heterocycles. The quantitative estimate of drug-likeness (QED) is 0.421. The second kappa shape index (κ2) is 12.1. The minimum Gasteiger partial charge on any atom is -0.337 e. The van der Waals surface area contributed by atoms with E-state index in [-0.39, 0.29) is 44.2 Å².